The van der Waals surface area contributed by atoms with Crippen LogP contribution in [0.4, 0.5) is 0 Å². The molecule has 0 unspecified atom stereocenters. The molecule has 11 heterocycles. The van der Waals surface area contributed by atoms with Gasteiger partial charge >= 0.3 is 0 Å². The molecule has 14 amide bonds. The lowest BCUT2D eigenvalue weighted by atomic mass is 9.98. The molecule has 11 rings (SSSR count). The first kappa shape index (κ1) is 118. The average molecular weight is 2170 g/mol. The van der Waals surface area contributed by atoms with Crippen molar-refractivity contribution < 1.29 is 147 Å². The van der Waals surface area contributed by atoms with Crippen LogP contribution in [0.1, 0.15) is 167 Å². The van der Waals surface area contributed by atoms with Gasteiger partial charge in [0.1, 0.15) is 143 Å². The number of carbonyl (C=O) groups is 14. The zero-order chi connectivity index (χ0) is 107. The van der Waals surface area contributed by atoms with E-state index in [0.29, 0.717) is 35.6 Å². The van der Waals surface area contributed by atoms with Crippen molar-refractivity contribution in [3.05, 3.63) is 47.6 Å². The predicted molar refractivity (Wildman–Crippen MR) is 521 cm³/mol. The van der Waals surface area contributed by atoms with Gasteiger partial charge in [-0.2, -0.15) is 0 Å². The van der Waals surface area contributed by atoms with Crippen molar-refractivity contribution in [2.24, 2.45) is 0 Å². The number of aliphatic hydroxyl groups excluding tert-OH is 12. The largest absolute Gasteiger partial charge is 0.394 e. The second kappa shape index (κ2) is 57.4. The first-order chi connectivity index (χ1) is 70.7. The van der Waals surface area contributed by atoms with Crippen LogP contribution in [0, 0.1) is 0 Å². The van der Waals surface area contributed by atoms with Gasteiger partial charge in [0, 0.05) is 115 Å². The summed E-state index contributed by atoms with van der Waals surface area (Å²) < 4.78 is 29.5. The van der Waals surface area contributed by atoms with Gasteiger partial charge in [0.15, 0.2) is 0 Å². The van der Waals surface area contributed by atoms with Crippen LogP contribution >= 0.6 is 47.0 Å². The van der Waals surface area contributed by atoms with Gasteiger partial charge in [-0.3, -0.25) is 85.9 Å². The predicted octanol–water partition coefficient (Wildman–Crippen LogP) is -10.3. The van der Waals surface area contributed by atoms with Crippen LogP contribution < -0.4 is 63.8 Å². The van der Waals surface area contributed by atoms with E-state index in [-0.39, 0.29) is 152 Å². The highest BCUT2D eigenvalue weighted by Gasteiger charge is 2.51. The highest BCUT2D eigenvalue weighted by molar-refractivity contribution is 7.99. The van der Waals surface area contributed by atoms with Crippen molar-refractivity contribution in [1.82, 2.24) is 134 Å². The van der Waals surface area contributed by atoms with Crippen LogP contribution in [0.3, 0.4) is 0 Å². The maximum Gasteiger partial charge on any atom is 0.245 e. The first-order valence-corrected chi connectivity index (χ1v) is 53.5. The van der Waals surface area contributed by atoms with E-state index in [1.54, 1.807) is 24.8 Å². The smallest absolute Gasteiger partial charge is 0.245 e. The summed E-state index contributed by atoms with van der Waals surface area (Å²) in [6.07, 6.45) is -7.98. The summed E-state index contributed by atoms with van der Waals surface area (Å²) in [6.45, 7) is 4.26. The Morgan fingerprint density at radius 2 is 0.608 bits per heavy atom. The number of thioether (sulfide) groups is 4. The van der Waals surface area contributed by atoms with Gasteiger partial charge in [0.05, 0.1) is 86.5 Å². The molecule has 0 aliphatic carbocycles. The van der Waals surface area contributed by atoms with Crippen LogP contribution in [-0.2, 0) is 135 Å². The van der Waals surface area contributed by atoms with Crippen molar-refractivity contribution in [2.75, 3.05) is 52.6 Å². The molecular formula is C88H138N26O30S4. The molecule has 7 aliphatic heterocycles. The molecule has 0 bridgehead atoms. The quantitative estimate of drug-likeness (QED) is 0.0184. The Morgan fingerprint density at radius 3 is 0.858 bits per heavy atom. The van der Waals surface area contributed by atoms with E-state index in [1.807, 2.05) is 0 Å². The van der Waals surface area contributed by atoms with E-state index in [2.05, 4.69) is 105 Å². The molecule has 60 heteroatoms. The van der Waals surface area contributed by atoms with Crippen LogP contribution in [0.15, 0.2) is 24.8 Å². The molecule has 24 N–H and O–H groups in total. The Bertz CT molecular complexity index is 4790. The molecule has 148 heavy (non-hydrogen) atoms. The number of nitrogens with zero attached hydrogens (tertiary/aromatic N) is 14. The molecule has 7 fully saturated rings. The second-order valence-corrected chi connectivity index (χ2v) is 41.8. The molecule has 7 saturated heterocycles. The first-order valence-electron chi connectivity index (χ1n) is 49.3. The Hall–Kier alpha value is -10.1. The zero-order valence-electron chi connectivity index (χ0n) is 82.7. The number of hydrogen-bond acceptors (Lipinski definition) is 42. The fourth-order valence-corrected chi connectivity index (χ4v) is 22.6. The number of rotatable bonds is 40. The summed E-state index contributed by atoms with van der Waals surface area (Å²) in [6, 6.07) is -15.4. The summed E-state index contributed by atoms with van der Waals surface area (Å²) in [5, 5.41) is 191. The van der Waals surface area contributed by atoms with Gasteiger partial charge in [0.2, 0.25) is 82.7 Å². The van der Waals surface area contributed by atoms with Gasteiger partial charge in [0.25, 0.3) is 0 Å². The minimum atomic E-state index is -1.51. The van der Waals surface area contributed by atoms with Gasteiger partial charge in [-0.15, -0.1) is 67.4 Å². The lowest BCUT2D eigenvalue weighted by molar-refractivity contribution is -0.173. The maximum absolute atomic E-state index is 15.3. The number of unbranched alkanes of at least 4 members (excludes halogenated alkanes) is 4. The van der Waals surface area contributed by atoms with E-state index >= 15 is 9.59 Å². The number of nitrogens with one attached hydrogen (secondary N) is 12. The summed E-state index contributed by atoms with van der Waals surface area (Å²) >= 11 is 4.46. The SMILES string of the molecule is CC(=O)N[C@@H]1[C@@H](O)[C@H](O)[C@@H](CO)O[C@H]1SCc1cn(CCCC[C@@H]2NC(=O)CNC(=O)[C@@H]3CCCN3C(=O)[C@H](CCCCn3cc(CS[C@@H]4O[C@H](CO)[C@@H](O)[C@H](O)[C@H]4NC(C)=O)nn3)NC(=O)[C@H](C)NC(=O)[C@H](CCCCn3cc(CS[C@@H]4O[C@H](CO)[C@@H](O)[C@H](O)[C@H]4NC(C)=O)nn3)NC(=O)CNC(=O)[C@@H]3CCCN3C(=O)[C@H](CCCCn3cc(CS[C@@H]4O[C@H](CO)[C@@H](O)[C@H](O)[C@H]4NC(C)=O)nn3)NC(=O)[C@H](C)NC2=O)nn1. The molecule has 7 aliphatic rings. The fourth-order valence-electron chi connectivity index (χ4n) is 18.1. The normalized spacial score (nSPS) is 31.3. The Labute approximate surface area is 867 Å². The molecule has 0 spiro atoms. The number of amides is 14. The van der Waals surface area contributed by atoms with Gasteiger partial charge in [-0.1, -0.05) is 20.9 Å². The standard InChI is InChI=1S/C88H138N26O30S4/c1-43-77(133)99-55(19-9-13-25-111-33-51(103-107-111)41-147-87-67(95-47(5)121)75(131)71(127)61(37-117)143-87)83(139)113-27-15-21-57(113)81(137)90-30-64(124)98-54(18-8-12-24-110-32-50(102-106-110)40-146-86-66(94-46(4)120)74(130)70(126)60(36-116)142-86)80(136)92-44(2)78(134)100-56(20-10-14-26-112-34-52(104-108-112)42-148-88-68(96-48(6)122)76(132)72(128)62(38-118)144-88)84(140)114-28-16-22-58(114)82(138)89-29-63(123)97-53(79(135)91-43)17-7-11-23-109-31-49(101-105-109)39-145-85-65(93-45(3)119)73(129)69(125)59(35-115)141-85/h31-34,43-44,53-62,65-76,85-88,115-118,125-132H,7-30,35-42H2,1-6H3,(H,89,138)(H,90,137)(H,91,135)(H,92,136)(H,93,119)(H,94,120)(H,95,121)(H,96,122)(H,97,123)(H,98,124)(H,99,133)(H,100,134)/t43-,44-,53-,54-,55-,56-,57-,58-,59+,60+,61+,62+,65+,66+,67+,68+,69+,70+,71+,72+,73+,74+,75+,76+,85-,86-,87-,88-/m0/s1. The minimum Gasteiger partial charge on any atom is -0.394 e. The highest BCUT2D eigenvalue weighted by Crippen LogP contribution is 2.36. The summed E-state index contributed by atoms with van der Waals surface area (Å²) in [4.78, 5) is 199. The maximum atomic E-state index is 15.3. The Kier molecular flexibility index (Phi) is 45.8. The molecule has 0 saturated carbocycles. The van der Waals surface area contributed by atoms with Crippen LogP contribution in [-0.4, -0.2) is 434 Å². The summed E-state index contributed by atoms with van der Waals surface area (Å²) in [5.74, 6) is -9.95. The number of aliphatic hydroxyl groups is 12. The number of hydrogen-bond donors (Lipinski definition) is 24. The third-order valence-electron chi connectivity index (χ3n) is 26.0. The van der Waals surface area contributed by atoms with E-state index in [9.17, 15) is 119 Å². The van der Waals surface area contributed by atoms with Crippen molar-refractivity contribution in [3.63, 3.8) is 0 Å². The third-order valence-corrected chi connectivity index (χ3v) is 30.8. The number of aromatic nitrogens is 12. The van der Waals surface area contributed by atoms with Crippen LogP contribution in [0.25, 0.3) is 0 Å². The minimum absolute atomic E-state index is 0.0137. The summed E-state index contributed by atoms with van der Waals surface area (Å²) in [5.41, 5.74) is -2.06. The van der Waals surface area contributed by atoms with E-state index < -0.39 is 290 Å². The molecule has 4 aromatic rings. The molecule has 0 radical (unpaired) electrons. The Morgan fingerprint density at radius 1 is 0.351 bits per heavy atom. The van der Waals surface area contributed by atoms with E-state index in [1.165, 1.54) is 70.1 Å². The van der Waals surface area contributed by atoms with E-state index in [0.717, 1.165) is 47.0 Å². The van der Waals surface area contributed by atoms with Crippen LogP contribution in [0.2, 0.25) is 0 Å². The van der Waals surface area contributed by atoms with Crippen LogP contribution in [0.5, 0.6) is 0 Å². The van der Waals surface area contributed by atoms with Crippen molar-refractivity contribution in [1.29, 1.82) is 0 Å². The van der Waals surface area contributed by atoms with Crippen molar-refractivity contribution in [3.8, 4) is 0 Å². The van der Waals surface area contributed by atoms with E-state index in [4.69, 9.17) is 18.9 Å². The molecule has 824 valence electrons. The van der Waals surface area contributed by atoms with Crippen molar-refractivity contribution >= 4 is 130 Å². The Balaban J connectivity index is 0.819. The molecule has 4 aromatic heterocycles. The average Bonchev–Trinajstić information content (AvgIpc) is 1.11. The molecule has 0 aromatic carbocycles. The highest BCUT2D eigenvalue weighted by atomic mass is 32.2. The molecular weight excluding hydrogens is 2030 g/mol. The zero-order valence-corrected chi connectivity index (χ0v) is 86.0. The monoisotopic (exact) mass is 2170 g/mol. The lowest BCUT2D eigenvalue weighted by Crippen LogP contribution is -2.63. The fraction of sp³-hybridized carbons (Fsp3) is 0.750. The van der Waals surface area contributed by atoms with Gasteiger partial charge in [-0.25, -0.2) is 0 Å². The summed E-state index contributed by atoms with van der Waals surface area (Å²) in [7, 11) is 0. The number of aryl methyl sites for hydroxylation is 4. The van der Waals surface area contributed by atoms with Crippen molar-refractivity contribution in [2.45, 2.75) is 361 Å². The molecule has 28 atom stereocenters. The number of carbonyl (C=O) groups excluding carboxylic acids is 14. The topological polar surface area (TPSA) is 792 Å². The van der Waals surface area contributed by atoms with Gasteiger partial charge < -0.3 is 154 Å². The lowest BCUT2D eigenvalue weighted by Gasteiger charge is -2.42. The molecule has 56 nitrogen and oxygen atoms in total. The van der Waals surface area contributed by atoms with Gasteiger partial charge in [-0.05, 0) is 117 Å². The third kappa shape index (κ3) is 33.5. The number of ether oxygens (including phenoxy) is 4. The second-order valence-electron chi connectivity index (χ2n) is 37.5. The number of fused-ring (bicyclic) bond motifs is 2.